The van der Waals surface area contributed by atoms with E-state index in [0.29, 0.717) is 36.8 Å². The Balaban J connectivity index is 1.60. The molecule has 178 valence electrons. The van der Waals surface area contributed by atoms with Crippen LogP contribution in [0.5, 0.6) is 0 Å². The second kappa shape index (κ2) is 10.8. The van der Waals surface area contributed by atoms with Crippen LogP contribution in [0.15, 0.2) is 53.4 Å². The molecule has 1 saturated heterocycles. The quantitative estimate of drug-likeness (QED) is 0.612. The van der Waals surface area contributed by atoms with Crippen LogP contribution in [0, 0.1) is 18.8 Å². The molecule has 1 heterocycles. The van der Waals surface area contributed by atoms with Gasteiger partial charge in [-0.1, -0.05) is 31.5 Å². The number of nitrogens with one attached hydrogen (secondary N) is 2. The number of piperidine rings is 1. The number of hydrogen-bond acceptors (Lipinski definition) is 4. The maximum absolute atomic E-state index is 13.0. The third-order valence-corrected chi connectivity index (χ3v) is 7.21. The third-order valence-electron chi connectivity index (χ3n) is 5.82. The normalized spacial score (nSPS) is 16.5. The number of aryl methyl sites for hydroxylation is 1. The molecule has 1 aliphatic rings. The fourth-order valence-corrected chi connectivity index (χ4v) is 4.86. The fourth-order valence-electron chi connectivity index (χ4n) is 3.80. The highest BCUT2D eigenvalue weighted by molar-refractivity contribution is 7.92. The van der Waals surface area contributed by atoms with Crippen LogP contribution >= 0.6 is 0 Å². The average Bonchev–Trinajstić information content (AvgIpc) is 2.79. The Labute approximate surface area is 196 Å². The van der Waals surface area contributed by atoms with Crippen molar-refractivity contribution in [1.29, 1.82) is 0 Å². The number of anilines is 1. The van der Waals surface area contributed by atoms with Crippen molar-refractivity contribution in [3.8, 4) is 0 Å². The fraction of sp³-hybridized carbons (Fsp3) is 0.440. The maximum Gasteiger partial charge on any atom is 0.261 e. The second-order valence-corrected chi connectivity index (χ2v) is 10.7. The molecule has 0 bridgehead atoms. The summed E-state index contributed by atoms with van der Waals surface area (Å²) in [7, 11) is -3.70. The van der Waals surface area contributed by atoms with E-state index in [9.17, 15) is 18.0 Å². The first-order valence-corrected chi connectivity index (χ1v) is 12.9. The first kappa shape index (κ1) is 24.8. The monoisotopic (exact) mass is 471 g/mol. The Morgan fingerprint density at radius 2 is 1.73 bits per heavy atom. The zero-order chi connectivity index (χ0) is 24.0. The molecule has 0 aromatic heterocycles. The highest BCUT2D eigenvalue weighted by atomic mass is 32.2. The van der Waals surface area contributed by atoms with Crippen LogP contribution in [0.3, 0.4) is 0 Å². The van der Waals surface area contributed by atoms with E-state index >= 15 is 0 Å². The highest BCUT2D eigenvalue weighted by Crippen LogP contribution is 2.21. The Bertz CT molecular complexity index is 1060. The molecule has 2 aromatic carbocycles. The molecule has 0 aliphatic carbocycles. The lowest BCUT2D eigenvalue weighted by atomic mass is 9.96. The van der Waals surface area contributed by atoms with Crippen molar-refractivity contribution in [1.82, 2.24) is 10.2 Å². The summed E-state index contributed by atoms with van der Waals surface area (Å²) in [5.41, 5.74) is 1.83. The minimum absolute atomic E-state index is 0.00834. The summed E-state index contributed by atoms with van der Waals surface area (Å²) in [6.07, 6.45) is 2.49. The number of amides is 2. The Morgan fingerprint density at radius 1 is 1.06 bits per heavy atom. The van der Waals surface area contributed by atoms with E-state index in [1.807, 2.05) is 6.92 Å². The first-order valence-electron chi connectivity index (χ1n) is 11.4. The lowest BCUT2D eigenvalue weighted by molar-refractivity contribution is -0.126. The summed E-state index contributed by atoms with van der Waals surface area (Å²) in [4.78, 5) is 27.3. The summed E-state index contributed by atoms with van der Waals surface area (Å²) in [5.74, 6) is 0.186. The van der Waals surface area contributed by atoms with Gasteiger partial charge in [0.15, 0.2) is 0 Å². The minimum atomic E-state index is -3.70. The molecule has 33 heavy (non-hydrogen) atoms. The number of likely N-dealkylation sites (tertiary alicyclic amines) is 1. The third kappa shape index (κ3) is 6.81. The van der Waals surface area contributed by atoms with E-state index in [-0.39, 0.29) is 22.6 Å². The summed E-state index contributed by atoms with van der Waals surface area (Å²) >= 11 is 0. The molecule has 2 amide bonds. The number of carbonyl (C=O) groups is 2. The summed E-state index contributed by atoms with van der Waals surface area (Å²) in [5, 5.41) is 2.99. The molecular formula is C25H33N3O4S. The number of nitrogens with zero attached hydrogens (tertiary/aromatic N) is 1. The van der Waals surface area contributed by atoms with E-state index in [1.165, 1.54) is 0 Å². The van der Waals surface area contributed by atoms with E-state index in [4.69, 9.17) is 0 Å². The van der Waals surface area contributed by atoms with Gasteiger partial charge in [-0.25, -0.2) is 8.42 Å². The van der Waals surface area contributed by atoms with Crippen molar-refractivity contribution in [2.45, 2.75) is 44.9 Å². The first-order chi connectivity index (χ1) is 15.7. The van der Waals surface area contributed by atoms with Gasteiger partial charge in [0.1, 0.15) is 0 Å². The second-order valence-electron chi connectivity index (χ2n) is 9.06. The molecule has 0 radical (unpaired) electrons. The Morgan fingerprint density at radius 3 is 2.36 bits per heavy atom. The zero-order valence-electron chi connectivity index (χ0n) is 19.5. The lowest BCUT2D eigenvalue weighted by Gasteiger charge is -2.32. The summed E-state index contributed by atoms with van der Waals surface area (Å²) in [6.45, 7) is 7.78. The van der Waals surface area contributed by atoms with Gasteiger partial charge in [0.05, 0.1) is 10.8 Å². The molecule has 1 atom stereocenters. The van der Waals surface area contributed by atoms with Gasteiger partial charge in [-0.15, -0.1) is 0 Å². The topological polar surface area (TPSA) is 95.6 Å². The van der Waals surface area contributed by atoms with Crippen LogP contribution in [0.25, 0.3) is 0 Å². The van der Waals surface area contributed by atoms with Gasteiger partial charge in [-0.2, -0.15) is 0 Å². The van der Waals surface area contributed by atoms with Gasteiger partial charge in [0.2, 0.25) is 5.91 Å². The van der Waals surface area contributed by atoms with Crippen molar-refractivity contribution < 1.29 is 18.0 Å². The van der Waals surface area contributed by atoms with Gasteiger partial charge in [0, 0.05) is 30.9 Å². The van der Waals surface area contributed by atoms with Gasteiger partial charge in [-0.05, 0) is 68.5 Å². The van der Waals surface area contributed by atoms with Gasteiger partial charge < -0.3 is 10.2 Å². The Hall–Kier alpha value is -2.87. The number of carbonyl (C=O) groups excluding carboxylic acids is 2. The molecule has 1 unspecified atom stereocenters. The van der Waals surface area contributed by atoms with Crippen molar-refractivity contribution in [3.63, 3.8) is 0 Å². The molecule has 1 aliphatic heterocycles. The lowest BCUT2D eigenvalue weighted by Crippen LogP contribution is -2.45. The van der Waals surface area contributed by atoms with Gasteiger partial charge in [-0.3, -0.25) is 14.3 Å². The van der Waals surface area contributed by atoms with Crippen molar-refractivity contribution in [3.05, 3.63) is 59.7 Å². The van der Waals surface area contributed by atoms with Gasteiger partial charge >= 0.3 is 0 Å². The molecule has 7 nitrogen and oxygen atoms in total. The highest BCUT2D eigenvalue weighted by Gasteiger charge is 2.28. The predicted octanol–water partition coefficient (Wildman–Crippen LogP) is 3.81. The maximum atomic E-state index is 13.0. The van der Waals surface area contributed by atoms with Crippen molar-refractivity contribution in [2.75, 3.05) is 24.4 Å². The Kier molecular flexibility index (Phi) is 8.13. The van der Waals surface area contributed by atoms with E-state index in [2.05, 4.69) is 23.9 Å². The molecular weight excluding hydrogens is 438 g/mol. The molecule has 2 N–H and O–H groups in total. The van der Waals surface area contributed by atoms with Crippen LogP contribution in [0.2, 0.25) is 0 Å². The number of sulfonamides is 1. The largest absolute Gasteiger partial charge is 0.356 e. The molecule has 3 rings (SSSR count). The van der Waals surface area contributed by atoms with Crippen molar-refractivity contribution in [2.24, 2.45) is 11.8 Å². The SMILES string of the molecule is Cc1ccc(S(=O)(=O)Nc2ccc(C(=O)N3CCCC(C(=O)NCCC(C)C)C3)cc2)cc1. The number of hydrogen-bond donors (Lipinski definition) is 2. The molecule has 8 heteroatoms. The summed E-state index contributed by atoms with van der Waals surface area (Å²) < 4.78 is 27.7. The molecule has 2 aromatic rings. The van der Waals surface area contributed by atoms with Crippen molar-refractivity contribution >= 4 is 27.5 Å². The number of benzene rings is 2. The predicted molar refractivity (Wildman–Crippen MR) is 130 cm³/mol. The average molecular weight is 472 g/mol. The standard InChI is InChI=1S/C25H33N3O4S/c1-18(2)14-15-26-24(29)21-5-4-16-28(17-21)25(30)20-8-10-22(11-9-20)27-33(31,32)23-12-6-19(3)7-13-23/h6-13,18,21,27H,4-5,14-17H2,1-3H3,(H,26,29). The van der Waals surface area contributed by atoms with E-state index in [0.717, 1.165) is 24.8 Å². The minimum Gasteiger partial charge on any atom is -0.356 e. The van der Waals surface area contributed by atoms with Crippen LogP contribution in [0.4, 0.5) is 5.69 Å². The number of rotatable bonds is 8. The van der Waals surface area contributed by atoms with Gasteiger partial charge in [0.25, 0.3) is 15.9 Å². The summed E-state index contributed by atoms with van der Waals surface area (Å²) in [6, 6.07) is 13.0. The van der Waals surface area contributed by atoms with E-state index in [1.54, 1.807) is 53.4 Å². The van der Waals surface area contributed by atoms with E-state index < -0.39 is 10.0 Å². The van der Waals surface area contributed by atoms with Crippen LogP contribution in [-0.2, 0) is 14.8 Å². The van der Waals surface area contributed by atoms with Crippen LogP contribution < -0.4 is 10.0 Å². The molecule has 0 spiro atoms. The molecule has 1 fully saturated rings. The smallest absolute Gasteiger partial charge is 0.261 e. The molecule has 0 saturated carbocycles. The van der Waals surface area contributed by atoms with Crippen LogP contribution in [-0.4, -0.2) is 44.8 Å². The van der Waals surface area contributed by atoms with Crippen LogP contribution in [0.1, 0.15) is 49.0 Å². The zero-order valence-corrected chi connectivity index (χ0v) is 20.3.